The monoisotopic (exact) mass is 876 g/mol. The number of benzene rings is 10. The zero-order valence-corrected chi connectivity index (χ0v) is 37.4. The van der Waals surface area contributed by atoms with Gasteiger partial charge in [-0.3, -0.25) is 0 Å². The van der Waals surface area contributed by atoms with Crippen LogP contribution in [-0.2, 0) is 10.8 Å². The Kier molecular flexibility index (Phi) is 7.88. The van der Waals surface area contributed by atoms with Gasteiger partial charge in [-0.25, -0.2) is 15.0 Å². The fraction of sp³-hybridized carbons (Fsp3) is 0.0308. The van der Waals surface area contributed by atoms with Crippen molar-refractivity contribution in [2.75, 3.05) is 0 Å². The van der Waals surface area contributed by atoms with Crippen molar-refractivity contribution in [3.63, 3.8) is 0 Å². The highest BCUT2D eigenvalue weighted by molar-refractivity contribution is 6.11. The number of nitrogens with zero attached hydrogens (tertiary/aromatic N) is 4. The fourth-order valence-electron chi connectivity index (χ4n) is 12.7. The Labute approximate surface area is 399 Å². The summed E-state index contributed by atoms with van der Waals surface area (Å²) in [5.74, 6) is 1.90. The highest BCUT2D eigenvalue weighted by Gasteiger charge is 2.59. The summed E-state index contributed by atoms with van der Waals surface area (Å²) in [6, 6.07) is 89.1. The maximum Gasteiger partial charge on any atom is 0.164 e. The van der Waals surface area contributed by atoms with Gasteiger partial charge in [-0.1, -0.05) is 212 Å². The highest BCUT2D eigenvalue weighted by atomic mass is 15.0. The van der Waals surface area contributed by atoms with E-state index in [1.165, 1.54) is 77.5 Å². The molecule has 0 radical (unpaired) electrons. The first-order valence-electron chi connectivity index (χ1n) is 23.8. The van der Waals surface area contributed by atoms with Crippen LogP contribution in [0, 0.1) is 0 Å². The molecule has 12 aromatic rings. The summed E-state index contributed by atoms with van der Waals surface area (Å²) < 4.78 is 2.47. The Balaban J connectivity index is 1.06. The van der Waals surface area contributed by atoms with Gasteiger partial charge < -0.3 is 4.57 Å². The third-order valence-electron chi connectivity index (χ3n) is 15.3. The predicted molar refractivity (Wildman–Crippen MR) is 279 cm³/mol. The van der Waals surface area contributed by atoms with Crippen molar-refractivity contribution in [1.82, 2.24) is 19.5 Å². The molecule has 10 aromatic carbocycles. The van der Waals surface area contributed by atoms with E-state index in [2.05, 4.69) is 211 Å². The first kappa shape index (κ1) is 38.1. The molecule has 0 bridgehead atoms. The van der Waals surface area contributed by atoms with Crippen molar-refractivity contribution < 1.29 is 0 Å². The summed E-state index contributed by atoms with van der Waals surface area (Å²) >= 11 is 0. The Morgan fingerprint density at radius 2 is 0.652 bits per heavy atom. The fourth-order valence-corrected chi connectivity index (χ4v) is 12.7. The largest absolute Gasteiger partial charge is 0.309 e. The second-order valence-corrected chi connectivity index (χ2v) is 18.6. The molecule has 4 heteroatoms. The van der Waals surface area contributed by atoms with Crippen molar-refractivity contribution in [3.8, 4) is 62.1 Å². The van der Waals surface area contributed by atoms with Crippen molar-refractivity contribution >= 4 is 21.8 Å². The molecule has 3 aliphatic rings. The van der Waals surface area contributed by atoms with Crippen molar-refractivity contribution in [2.45, 2.75) is 10.8 Å². The van der Waals surface area contributed by atoms with Gasteiger partial charge in [0.2, 0.25) is 0 Å². The van der Waals surface area contributed by atoms with Crippen LogP contribution < -0.4 is 0 Å². The average molecular weight is 877 g/mol. The lowest BCUT2D eigenvalue weighted by molar-refractivity contribution is 0.634. The Hall–Kier alpha value is -8.99. The normalized spacial score (nSPS) is 14.0. The number of para-hydroxylation sites is 1. The molecule has 2 spiro atoms. The van der Waals surface area contributed by atoms with E-state index in [0.717, 1.165) is 33.4 Å². The topological polar surface area (TPSA) is 43.6 Å². The van der Waals surface area contributed by atoms with Crippen LogP contribution in [0.2, 0.25) is 0 Å². The third kappa shape index (κ3) is 5.04. The summed E-state index contributed by atoms with van der Waals surface area (Å²) in [6.45, 7) is 0. The molecule has 3 aliphatic carbocycles. The van der Waals surface area contributed by atoms with E-state index in [-0.39, 0.29) is 0 Å². The van der Waals surface area contributed by atoms with Gasteiger partial charge in [0.1, 0.15) is 0 Å². The minimum absolute atomic E-state index is 0.584. The van der Waals surface area contributed by atoms with E-state index in [1.807, 2.05) is 36.4 Å². The maximum atomic E-state index is 5.16. The molecule has 0 amide bonds. The highest BCUT2D eigenvalue weighted by Crippen LogP contribution is 2.68. The summed E-state index contributed by atoms with van der Waals surface area (Å²) in [7, 11) is 0. The Bertz CT molecular complexity index is 3940. The number of fused-ring (bicyclic) bond motifs is 19. The van der Waals surface area contributed by atoms with Gasteiger partial charge in [0.25, 0.3) is 0 Å². The molecule has 0 N–H and O–H groups in total. The van der Waals surface area contributed by atoms with Crippen LogP contribution in [0.15, 0.2) is 243 Å². The van der Waals surface area contributed by atoms with Crippen LogP contribution in [0.3, 0.4) is 0 Å². The Morgan fingerprint density at radius 3 is 1.16 bits per heavy atom. The van der Waals surface area contributed by atoms with Gasteiger partial charge in [0.05, 0.1) is 21.9 Å². The molecule has 2 aromatic heterocycles. The zero-order valence-electron chi connectivity index (χ0n) is 37.4. The lowest BCUT2D eigenvalue weighted by Crippen LogP contribution is -2.43. The number of hydrogen-bond donors (Lipinski definition) is 0. The summed E-state index contributed by atoms with van der Waals surface area (Å²) in [4.78, 5) is 15.3. The van der Waals surface area contributed by atoms with Gasteiger partial charge in [-0.2, -0.15) is 0 Å². The molecule has 0 unspecified atom stereocenters. The quantitative estimate of drug-likeness (QED) is 0.177. The maximum absolute atomic E-state index is 5.16. The number of rotatable bonds is 4. The van der Waals surface area contributed by atoms with Gasteiger partial charge >= 0.3 is 0 Å². The first-order chi connectivity index (χ1) is 34.2. The van der Waals surface area contributed by atoms with E-state index in [0.29, 0.717) is 17.5 Å². The predicted octanol–water partition coefficient (Wildman–Crippen LogP) is 15.0. The van der Waals surface area contributed by atoms with Crippen LogP contribution in [0.25, 0.3) is 83.9 Å². The van der Waals surface area contributed by atoms with Crippen LogP contribution in [-0.4, -0.2) is 19.5 Å². The molecule has 15 rings (SSSR count). The molecule has 69 heavy (non-hydrogen) atoms. The molecular weight excluding hydrogens is 837 g/mol. The third-order valence-corrected chi connectivity index (χ3v) is 15.3. The zero-order chi connectivity index (χ0) is 45.3. The second-order valence-electron chi connectivity index (χ2n) is 18.6. The minimum Gasteiger partial charge on any atom is -0.309 e. The molecule has 4 nitrogen and oxygen atoms in total. The smallest absolute Gasteiger partial charge is 0.164 e. The van der Waals surface area contributed by atoms with Gasteiger partial charge in [-0.15, -0.1) is 0 Å². The number of aromatic nitrogens is 4. The molecule has 2 heterocycles. The summed E-state index contributed by atoms with van der Waals surface area (Å²) in [6.07, 6.45) is 0. The molecule has 0 saturated carbocycles. The molecule has 0 saturated heterocycles. The van der Waals surface area contributed by atoms with E-state index in [1.54, 1.807) is 0 Å². The van der Waals surface area contributed by atoms with Crippen molar-refractivity contribution in [1.29, 1.82) is 0 Å². The standard InChI is InChI=1S/C65H40N4/c1-3-20-41(21-4-1)61-66-62(42-22-5-2-6-23-42)68-63(67-61)43-24-19-25-44(38-43)69-59-37-18-11-30-49(59)50-39-57-58(40-60(50)69)65(53-33-14-9-28-47(53)48-29-10-15-34-54(48)65)56-36-17-16-35-55(56)64(57)51-31-12-7-26-45(51)46-27-8-13-32-52(46)64/h1-40H. The molecule has 320 valence electrons. The van der Waals surface area contributed by atoms with E-state index in [4.69, 9.17) is 15.0 Å². The first-order valence-corrected chi connectivity index (χ1v) is 23.8. The van der Waals surface area contributed by atoms with E-state index in [9.17, 15) is 0 Å². The lowest BCUT2D eigenvalue weighted by atomic mass is 9.52. The lowest BCUT2D eigenvalue weighted by Gasteiger charge is -2.49. The molecule has 0 atom stereocenters. The van der Waals surface area contributed by atoms with E-state index < -0.39 is 10.8 Å². The summed E-state index contributed by atoms with van der Waals surface area (Å²) in [5, 5.41) is 2.41. The molecule has 0 aliphatic heterocycles. The van der Waals surface area contributed by atoms with Gasteiger partial charge in [0, 0.05) is 33.2 Å². The van der Waals surface area contributed by atoms with Gasteiger partial charge in [0.15, 0.2) is 17.5 Å². The van der Waals surface area contributed by atoms with Crippen LogP contribution in [0.4, 0.5) is 0 Å². The Morgan fingerprint density at radius 1 is 0.261 bits per heavy atom. The molecule has 0 fully saturated rings. The van der Waals surface area contributed by atoms with Gasteiger partial charge in [-0.05, 0) is 97.1 Å². The number of hydrogen-bond acceptors (Lipinski definition) is 3. The van der Waals surface area contributed by atoms with E-state index >= 15 is 0 Å². The second kappa shape index (κ2) is 14.3. The SMILES string of the molecule is c1ccc(-c2nc(-c3ccccc3)nc(-c3cccc(-n4c5ccccc5c5cc6c(cc54)C4(c5ccccc5-c5ccccc54)c4ccccc4C64c5ccccc5-c5ccccc54)c3)n2)cc1. The van der Waals surface area contributed by atoms with Crippen LogP contribution in [0.5, 0.6) is 0 Å². The van der Waals surface area contributed by atoms with Crippen LogP contribution in [0.1, 0.15) is 44.5 Å². The minimum atomic E-state index is -0.610. The van der Waals surface area contributed by atoms with Crippen molar-refractivity contribution in [3.05, 3.63) is 287 Å². The summed E-state index contributed by atoms with van der Waals surface area (Å²) in [5.41, 5.74) is 20.6. The van der Waals surface area contributed by atoms with Crippen LogP contribution >= 0.6 is 0 Å². The average Bonchev–Trinajstić information content (AvgIpc) is 4.03. The van der Waals surface area contributed by atoms with Crippen molar-refractivity contribution in [2.24, 2.45) is 0 Å². The molecular formula is C65H40N4.